The summed E-state index contributed by atoms with van der Waals surface area (Å²) in [7, 11) is 4.29. The average molecular weight is 355 g/mol. The highest BCUT2D eigenvalue weighted by Gasteiger charge is 2.26. The zero-order valence-corrected chi connectivity index (χ0v) is 17.5. The number of benzene rings is 2. The van der Waals surface area contributed by atoms with Gasteiger partial charge in [0.1, 0.15) is 0 Å². The summed E-state index contributed by atoms with van der Waals surface area (Å²) in [6.45, 7) is 12.6. The highest BCUT2D eigenvalue weighted by molar-refractivity contribution is 5.77. The molecule has 0 amide bonds. The summed E-state index contributed by atoms with van der Waals surface area (Å²) in [5, 5.41) is 6.64. The Balaban J connectivity index is 0.000000173. The first-order valence-electron chi connectivity index (χ1n) is 9.57. The van der Waals surface area contributed by atoms with Crippen molar-refractivity contribution >= 4 is 22.7 Å². The van der Waals surface area contributed by atoms with Crippen LogP contribution in [0.1, 0.15) is 38.8 Å². The fourth-order valence-electron chi connectivity index (χ4n) is 3.28. The van der Waals surface area contributed by atoms with E-state index < -0.39 is 0 Å². The molecule has 2 aromatic carbocycles. The Hall–Kier alpha value is -2.36. The van der Waals surface area contributed by atoms with E-state index in [1.165, 1.54) is 33.9 Å². The molecule has 2 atom stereocenters. The molecule has 0 aliphatic carbocycles. The molecule has 4 nitrogen and oxygen atoms in total. The minimum Gasteiger partial charge on any atom is -0.364 e. The van der Waals surface area contributed by atoms with Crippen molar-refractivity contribution in [2.24, 2.45) is 0 Å². The maximum atomic E-state index is 3.33. The van der Waals surface area contributed by atoms with Crippen molar-refractivity contribution in [3.63, 3.8) is 0 Å². The van der Waals surface area contributed by atoms with E-state index >= 15 is 0 Å². The van der Waals surface area contributed by atoms with E-state index in [9.17, 15) is 0 Å². The smallest absolute Gasteiger partial charge is 0.0982 e. The van der Waals surface area contributed by atoms with Crippen molar-refractivity contribution in [2.75, 3.05) is 34.5 Å². The average Bonchev–Trinajstić information content (AvgIpc) is 3.09. The van der Waals surface area contributed by atoms with Crippen LogP contribution in [-0.2, 0) is 0 Å². The topological polar surface area (TPSA) is 30.5 Å². The Kier molecular flexibility index (Phi) is 6.41. The summed E-state index contributed by atoms with van der Waals surface area (Å²) in [6.07, 6.45) is 0.837. The predicted octanol–water partition coefficient (Wildman–Crippen LogP) is 5.43. The van der Waals surface area contributed by atoms with Gasteiger partial charge in [-0.15, -0.1) is 0 Å². The van der Waals surface area contributed by atoms with Crippen molar-refractivity contribution < 1.29 is 0 Å². The van der Waals surface area contributed by atoms with Gasteiger partial charge in [0, 0.05) is 14.1 Å². The molecule has 26 heavy (non-hydrogen) atoms. The Morgan fingerprint density at radius 1 is 0.731 bits per heavy atom. The van der Waals surface area contributed by atoms with E-state index in [1.54, 1.807) is 0 Å². The van der Waals surface area contributed by atoms with Crippen LogP contribution in [0.2, 0.25) is 0 Å². The van der Waals surface area contributed by atoms with Crippen molar-refractivity contribution in [1.29, 1.82) is 0 Å². The summed E-state index contributed by atoms with van der Waals surface area (Å²) in [5.74, 6) is 0. The van der Waals surface area contributed by atoms with Gasteiger partial charge in [-0.2, -0.15) is 0 Å². The molecule has 4 heteroatoms. The summed E-state index contributed by atoms with van der Waals surface area (Å²) in [5.41, 5.74) is 7.73. The summed E-state index contributed by atoms with van der Waals surface area (Å²) < 4.78 is 0. The number of aryl methyl sites for hydroxylation is 2. The van der Waals surface area contributed by atoms with E-state index in [2.05, 4.69) is 98.6 Å². The third kappa shape index (κ3) is 4.06. The molecule has 0 spiro atoms. The van der Waals surface area contributed by atoms with Crippen molar-refractivity contribution in [2.45, 2.75) is 53.9 Å². The van der Waals surface area contributed by atoms with Gasteiger partial charge in [-0.3, -0.25) is 0 Å². The van der Waals surface area contributed by atoms with Crippen molar-refractivity contribution in [3.8, 4) is 0 Å². The first kappa shape index (κ1) is 20.0. The lowest BCUT2D eigenvalue weighted by Crippen LogP contribution is -2.35. The molecule has 2 aromatic rings. The molecule has 0 saturated carbocycles. The number of nitrogens with zero attached hydrogens (tertiary/aromatic N) is 2. The fourth-order valence-corrected chi connectivity index (χ4v) is 3.28. The Labute approximate surface area is 159 Å². The Bertz CT molecular complexity index is 741. The zero-order valence-electron chi connectivity index (χ0n) is 17.5. The lowest BCUT2D eigenvalue weighted by Gasteiger charge is -2.23. The van der Waals surface area contributed by atoms with Crippen LogP contribution in [0.5, 0.6) is 0 Å². The molecular weight excluding hydrogens is 320 g/mol. The van der Waals surface area contributed by atoms with Crippen LogP contribution in [0.4, 0.5) is 22.7 Å². The van der Waals surface area contributed by atoms with E-state index in [0.717, 1.165) is 0 Å². The van der Waals surface area contributed by atoms with Crippen LogP contribution >= 0.6 is 0 Å². The van der Waals surface area contributed by atoms with Crippen LogP contribution in [0.15, 0.2) is 36.4 Å². The molecule has 2 aliphatic rings. The third-order valence-electron chi connectivity index (χ3n) is 4.93. The number of nitrogens with one attached hydrogen (secondary N) is 2. The number of anilines is 4. The lowest BCUT2D eigenvalue weighted by atomic mass is 10.2. The second kappa shape index (κ2) is 8.35. The minimum atomic E-state index is 0.367. The van der Waals surface area contributed by atoms with Crippen LogP contribution in [0, 0.1) is 13.8 Å². The number of hydrogen-bond donors (Lipinski definition) is 2. The maximum absolute atomic E-state index is 3.33. The molecule has 2 unspecified atom stereocenters. The number of fused-ring (bicyclic) bond motifs is 2. The quantitative estimate of drug-likeness (QED) is 0.660. The van der Waals surface area contributed by atoms with Gasteiger partial charge in [-0.25, -0.2) is 0 Å². The van der Waals surface area contributed by atoms with Gasteiger partial charge in [0.2, 0.25) is 0 Å². The Morgan fingerprint density at radius 3 is 1.96 bits per heavy atom. The van der Waals surface area contributed by atoms with Crippen molar-refractivity contribution in [1.82, 2.24) is 0 Å². The second-order valence-electron chi connectivity index (χ2n) is 6.91. The van der Waals surface area contributed by atoms with Gasteiger partial charge in [0.25, 0.3) is 0 Å². The van der Waals surface area contributed by atoms with Crippen molar-refractivity contribution in [3.05, 3.63) is 47.5 Å². The third-order valence-corrected chi connectivity index (χ3v) is 4.93. The largest absolute Gasteiger partial charge is 0.364 e. The maximum Gasteiger partial charge on any atom is 0.0982 e. The SMILES string of the molecule is CC.Cc1ccc2c(c1)N(C)C(C)N2C.Cc1ccc2c(c1)NC(C)N2. The van der Waals surface area contributed by atoms with Gasteiger partial charge in [0.15, 0.2) is 0 Å². The van der Waals surface area contributed by atoms with E-state index in [0.29, 0.717) is 12.3 Å². The molecule has 0 aromatic heterocycles. The van der Waals surface area contributed by atoms with Crippen LogP contribution in [-0.4, -0.2) is 26.4 Å². The van der Waals surface area contributed by atoms with Crippen LogP contribution in [0.25, 0.3) is 0 Å². The first-order chi connectivity index (χ1) is 12.4. The monoisotopic (exact) mass is 354 g/mol. The van der Waals surface area contributed by atoms with Gasteiger partial charge in [-0.1, -0.05) is 26.0 Å². The summed E-state index contributed by atoms with van der Waals surface area (Å²) >= 11 is 0. The van der Waals surface area contributed by atoms with Crippen LogP contribution < -0.4 is 20.4 Å². The molecule has 142 valence electrons. The molecule has 2 N–H and O–H groups in total. The molecule has 2 aliphatic heterocycles. The van der Waals surface area contributed by atoms with E-state index in [4.69, 9.17) is 0 Å². The number of hydrogen-bond acceptors (Lipinski definition) is 4. The number of rotatable bonds is 0. The summed E-state index contributed by atoms with van der Waals surface area (Å²) in [6, 6.07) is 13.0. The molecule has 0 fully saturated rings. The molecule has 4 rings (SSSR count). The minimum absolute atomic E-state index is 0.367. The predicted molar refractivity (Wildman–Crippen MR) is 117 cm³/mol. The van der Waals surface area contributed by atoms with Gasteiger partial charge < -0.3 is 20.4 Å². The normalized spacial score (nSPS) is 19.2. The molecule has 0 radical (unpaired) electrons. The standard InChI is InChI=1S/C11H16N2.C9H12N2.C2H6/c1-8-5-6-10-11(7-8)13(4)9(2)12(10)3;1-6-3-4-8-9(5-6)11-7(2)10-8;1-2/h5-7,9H,1-4H3;3-5,7,10-11H,1-2H3;1-2H3. The zero-order chi connectivity index (χ0) is 19.4. The lowest BCUT2D eigenvalue weighted by molar-refractivity contribution is 0.710. The highest BCUT2D eigenvalue weighted by atomic mass is 15.4. The molecule has 0 bridgehead atoms. The Morgan fingerprint density at radius 2 is 1.27 bits per heavy atom. The molecule has 0 saturated heterocycles. The van der Waals surface area contributed by atoms with Gasteiger partial charge >= 0.3 is 0 Å². The fraction of sp³-hybridized carbons (Fsp3) is 0.455. The second-order valence-corrected chi connectivity index (χ2v) is 6.91. The molecular formula is C22H34N4. The highest BCUT2D eigenvalue weighted by Crippen LogP contribution is 2.37. The summed E-state index contributed by atoms with van der Waals surface area (Å²) in [4.78, 5) is 4.61. The first-order valence-corrected chi connectivity index (χ1v) is 9.57. The van der Waals surface area contributed by atoms with Gasteiger partial charge in [0.05, 0.1) is 35.1 Å². The molecule has 2 heterocycles. The van der Waals surface area contributed by atoms with E-state index in [-0.39, 0.29) is 0 Å². The van der Waals surface area contributed by atoms with Crippen LogP contribution in [0.3, 0.4) is 0 Å². The van der Waals surface area contributed by atoms with Gasteiger partial charge in [-0.05, 0) is 63.1 Å². The van der Waals surface area contributed by atoms with E-state index in [1.807, 2.05) is 13.8 Å².